The van der Waals surface area contributed by atoms with Crippen LogP contribution in [0.4, 0.5) is 5.82 Å². The highest BCUT2D eigenvalue weighted by atomic mass is 16.5. The molecule has 1 aliphatic heterocycles. The molecule has 2 heterocycles. The smallest absolute Gasteiger partial charge is 0.237 e. The number of hydrogen-bond acceptors (Lipinski definition) is 5. The van der Waals surface area contributed by atoms with Gasteiger partial charge >= 0.3 is 0 Å². The van der Waals surface area contributed by atoms with E-state index in [0.717, 1.165) is 29.9 Å². The predicted octanol–water partition coefficient (Wildman–Crippen LogP) is 3.39. The van der Waals surface area contributed by atoms with Gasteiger partial charge in [0.2, 0.25) is 5.91 Å². The molecule has 28 heavy (non-hydrogen) atoms. The van der Waals surface area contributed by atoms with Gasteiger partial charge in [0.15, 0.2) is 0 Å². The molecule has 0 spiro atoms. The fourth-order valence-electron chi connectivity index (χ4n) is 3.53. The van der Waals surface area contributed by atoms with Gasteiger partial charge in [-0.1, -0.05) is 5.11 Å². The second kappa shape index (κ2) is 7.44. The Morgan fingerprint density at radius 1 is 1.25 bits per heavy atom. The maximum Gasteiger partial charge on any atom is 0.237 e. The first-order valence-corrected chi connectivity index (χ1v) is 9.28. The van der Waals surface area contributed by atoms with Crippen molar-refractivity contribution in [3.63, 3.8) is 0 Å². The molecule has 0 radical (unpaired) electrons. The molecule has 146 valence electrons. The van der Waals surface area contributed by atoms with E-state index < -0.39 is 6.04 Å². The second-order valence-electron chi connectivity index (χ2n) is 7.04. The van der Waals surface area contributed by atoms with E-state index in [2.05, 4.69) is 10.0 Å². The lowest BCUT2D eigenvalue weighted by atomic mass is 10.1. The lowest BCUT2D eigenvalue weighted by Crippen LogP contribution is -2.37. The van der Waals surface area contributed by atoms with Gasteiger partial charge in [0.25, 0.3) is 0 Å². The van der Waals surface area contributed by atoms with E-state index in [4.69, 9.17) is 20.1 Å². The predicted molar refractivity (Wildman–Crippen MR) is 102 cm³/mol. The van der Waals surface area contributed by atoms with E-state index in [9.17, 15) is 4.79 Å². The third-order valence-electron chi connectivity index (χ3n) is 5.23. The molecule has 0 saturated heterocycles. The van der Waals surface area contributed by atoms with Crippen LogP contribution in [0.15, 0.2) is 29.4 Å². The molecule has 1 aromatic carbocycles. The van der Waals surface area contributed by atoms with E-state index in [0.29, 0.717) is 36.9 Å². The highest BCUT2D eigenvalue weighted by molar-refractivity contribution is 5.97. The number of rotatable bonds is 6. The second-order valence-corrected chi connectivity index (χ2v) is 7.04. The van der Waals surface area contributed by atoms with E-state index in [1.807, 2.05) is 22.9 Å². The highest BCUT2D eigenvalue weighted by Gasteiger charge is 2.34. The summed E-state index contributed by atoms with van der Waals surface area (Å²) in [5, 5.41) is 8.42. The molecule has 0 bridgehead atoms. The molecular formula is C19H22N6O3. The molecule has 1 aromatic heterocycles. The number of aromatic nitrogens is 2. The Labute approximate surface area is 162 Å². The van der Waals surface area contributed by atoms with Crippen LogP contribution >= 0.6 is 0 Å². The minimum absolute atomic E-state index is 0.225. The zero-order valence-electron chi connectivity index (χ0n) is 15.9. The van der Waals surface area contributed by atoms with Crippen LogP contribution in [-0.4, -0.2) is 35.9 Å². The molecule has 1 fully saturated rings. The summed E-state index contributed by atoms with van der Waals surface area (Å²) in [6.07, 6.45) is 2.70. The number of fused-ring (bicyclic) bond motifs is 1. The topological polar surface area (TPSA) is 105 Å². The number of aryl methyl sites for hydroxylation is 1. The van der Waals surface area contributed by atoms with Crippen molar-refractivity contribution < 1.29 is 14.3 Å². The minimum atomic E-state index is -0.750. The summed E-state index contributed by atoms with van der Waals surface area (Å²) in [7, 11) is 3.18. The summed E-state index contributed by atoms with van der Waals surface area (Å²) in [4.78, 5) is 17.7. The van der Waals surface area contributed by atoms with Crippen molar-refractivity contribution >= 4 is 11.7 Å². The molecule has 1 saturated carbocycles. The molecule has 9 nitrogen and oxygen atoms in total. The van der Waals surface area contributed by atoms with Gasteiger partial charge in [-0.05, 0) is 36.9 Å². The summed E-state index contributed by atoms with van der Waals surface area (Å²) in [5.74, 6) is 2.30. The zero-order valence-corrected chi connectivity index (χ0v) is 15.9. The zero-order chi connectivity index (χ0) is 19.7. The van der Waals surface area contributed by atoms with Gasteiger partial charge in [0.05, 0.1) is 26.5 Å². The van der Waals surface area contributed by atoms with Gasteiger partial charge in [-0.2, -0.15) is 5.10 Å². The minimum Gasteiger partial charge on any atom is -0.497 e. The molecule has 0 N–H and O–H groups in total. The number of nitrogens with zero attached hydrogens (tertiary/aromatic N) is 6. The monoisotopic (exact) mass is 382 g/mol. The van der Waals surface area contributed by atoms with Crippen LogP contribution in [0, 0.1) is 0 Å². The van der Waals surface area contributed by atoms with E-state index >= 15 is 0 Å². The van der Waals surface area contributed by atoms with E-state index in [1.165, 1.54) is 0 Å². The number of benzene rings is 1. The first-order chi connectivity index (χ1) is 13.6. The third-order valence-corrected chi connectivity index (χ3v) is 5.23. The van der Waals surface area contributed by atoms with Crippen LogP contribution in [0.25, 0.3) is 10.4 Å². The van der Waals surface area contributed by atoms with Gasteiger partial charge in [-0.25, -0.2) is 4.68 Å². The first kappa shape index (κ1) is 18.2. The summed E-state index contributed by atoms with van der Waals surface area (Å²) < 4.78 is 12.6. The van der Waals surface area contributed by atoms with Crippen molar-refractivity contribution in [1.29, 1.82) is 0 Å². The third kappa shape index (κ3) is 3.36. The van der Waals surface area contributed by atoms with Gasteiger partial charge in [0.1, 0.15) is 23.4 Å². The standard InChI is InChI=1S/C19H22N6O3/c1-27-14-6-5-13(17(9-14)28-2)11-24-18-10-16(12-3-4-12)22-25(18)8-7-15(19(24)26)21-23-20/h5-6,9-10,12,15H,3-4,7-8,11H2,1-2H3. The Hall–Kier alpha value is -3.19. The average Bonchev–Trinajstić information content (AvgIpc) is 3.50. The van der Waals surface area contributed by atoms with Crippen molar-refractivity contribution in [3.8, 4) is 11.5 Å². The van der Waals surface area contributed by atoms with Crippen LogP contribution in [0.5, 0.6) is 11.5 Å². The van der Waals surface area contributed by atoms with Crippen LogP contribution in [0.3, 0.4) is 0 Å². The molecule has 2 aliphatic rings. The molecular weight excluding hydrogens is 360 g/mol. The fraction of sp³-hybridized carbons (Fsp3) is 0.474. The highest BCUT2D eigenvalue weighted by Crippen LogP contribution is 2.41. The number of anilines is 1. The van der Waals surface area contributed by atoms with Crippen molar-refractivity contribution in [2.45, 2.75) is 44.3 Å². The molecule has 1 atom stereocenters. The van der Waals surface area contributed by atoms with Gasteiger partial charge in [-0.3, -0.25) is 9.69 Å². The molecule has 1 amide bonds. The van der Waals surface area contributed by atoms with E-state index in [1.54, 1.807) is 25.2 Å². The SMILES string of the molecule is COc1ccc(CN2C(=O)C(N=[N+]=[N-])CCn3nc(C4CC4)cc32)c(OC)c1. The average molecular weight is 382 g/mol. The summed E-state index contributed by atoms with van der Waals surface area (Å²) in [6.45, 7) is 0.826. The van der Waals surface area contributed by atoms with Crippen LogP contribution in [-0.2, 0) is 17.9 Å². The Morgan fingerprint density at radius 3 is 2.75 bits per heavy atom. The van der Waals surface area contributed by atoms with Gasteiger partial charge in [-0.15, -0.1) is 0 Å². The number of amides is 1. The van der Waals surface area contributed by atoms with Gasteiger partial charge < -0.3 is 9.47 Å². The Kier molecular flexibility index (Phi) is 4.83. The summed E-state index contributed by atoms with van der Waals surface area (Å²) >= 11 is 0. The van der Waals surface area contributed by atoms with Crippen molar-refractivity contribution in [2.24, 2.45) is 5.11 Å². The van der Waals surface area contributed by atoms with Crippen LogP contribution in [0.1, 0.15) is 36.4 Å². The van der Waals surface area contributed by atoms with Crippen molar-refractivity contribution in [2.75, 3.05) is 19.1 Å². The number of methoxy groups -OCH3 is 2. The van der Waals surface area contributed by atoms with Crippen molar-refractivity contribution in [3.05, 3.63) is 46.0 Å². The number of ether oxygens (including phenoxy) is 2. The number of azide groups is 1. The quantitative estimate of drug-likeness (QED) is 0.434. The van der Waals surface area contributed by atoms with Crippen LogP contribution in [0.2, 0.25) is 0 Å². The lowest BCUT2D eigenvalue weighted by Gasteiger charge is -2.23. The largest absolute Gasteiger partial charge is 0.497 e. The van der Waals surface area contributed by atoms with Crippen molar-refractivity contribution in [1.82, 2.24) is 9.78 Å². The van der Waals surface area contributed by atoms with E-state index in [-0.39, 0.29) is 5.91 Å². The fourth-order valence-corrected chi connectivity index (χ4v) is 3.53. The molecule has 4 rings (SSSR count). The first-order valence-electron chi connectivity index (χ1n) is 9.28. The molecule has 2 aromatic rings. The number of carbonyl (C=O) groups is 1. The lowest BCUT2D eigenvalue weighted by molar-refractivity contribution is -0.119. The normalized spacial score (nSPS) is 18.9. The molecule has 9 heteroatoms. The van der Waals surface area contributed by atoms with Gasteiger partial charge in [0, 0.05) is 35.1 Å². The summed E-state index contributed by atoms with van der Waals surface area (Å²) in [6, 6.07) is 6.73. The Bertz CT molecular complexity index is 945. The molecule has 1 aliphatic carbocycles. The Morgan fingerprint density at radius 2 is 2.07 bits per heavy atom. The summed E-state index contributed by atoms with van der Waals surface area (Å²) in [5.41, 5.74) is 10.7. The van der Waals surface area contributed by atoms with Crippen LogP contribution < -0.4 is 14.4 Å². The maximum atomic E-state index is 13.2. The number of hydrogen-bond donors (Lipinski definition) is 0. The molecule has 1 unspecified atom stereocenters. The Balaban J connectivity index is 1.73. The maximum absolute atomic E-state index is 13.2. The number of carbonyl (C=O) groups excluding carboxylic acids is 1.